The number of aliphatic hydroxyl groups is 3. The van der Waals surface area contributed by atoms with E-state index >= 15 is 0 Å². The summed E-state index contributed by atoms with van der Waals surface area (Å²) in [4.78, 5) is 22.6. The van der Waals surface area contributed by atoms with E-state index in [1.165, 1.54) is 0 Å². The lowest BCUT2D eigenvalue weighted by Crippen LogP contribution is -2.19. The third-order valence-electron chi connectivity index (χ3n) is 5.05. The number of carboxylic acid groups (broad SMARTS) is 1. The number of hydrogen-bond acceptors (Lipinski definition) is 5. The van der Waals surface area contributed by atoms with Crippen molar-refractivity contribution in [3.05, 3.63) is 12.2 Å². The van der Waals surface area contributed by atoms with Gasteiger partial charge in [0.2, 0.25) is 0 Å². The summed E-state index contributed by atoms with van der Waals surface area (Å²) in [5.41, 5.74) is 0. The van der Waals surface area contributed by atoms with Crippen LogP contribution in [0.5, 0.6) is 0 Å². The number of ketones is 1. The fraction of sp³-hybridized carbons (Fsp3) is 0.818. The zero-order chi connectivity index (χ0) is 21.4. The van der Waals surface area contributed by atoms with Gasteiger partial charge in [-0.15, -0.1) is 0 Å². The molecule has 0 aliphatic heterocycles. The molecule has 1 aliphatic carbocycles. The maximum Gasteiger partial charge on any atom is 0.303 e. The highest BCUT2D eigenvalue weighted by Crippen LogP contribution is 2.34. The van der Waals surface area contributed by atoms with Crippen molar-refractivity contribution in [3.8, 4) is 0 Å². The van der Waals surface area contributed by atoms with E-state index in [0.717, 1.165) is 51.4 Å². The van der Waals surface area contributed by atoms with E-state index in [-0.39, 0.29) is 37.1 Å². The molecule has 164 valence electrons. The number of hydrogen-bond donors (Lipinski definition) is 4. The quantitative estimate of drug-likeness (QED) is 0.278. The van der Waals surface area contributed by atoms with Gasteiger partial charge in [0.15, 0.2) is 0 Å². The average molecular weight is 401 g/mol. The molecule has 1 saturated carbocycles. The third kappa shape index (κ3) is 12.3. The lowest BCUT2D eigenvalue weighted by molar-refractivity contribution is -0.137. The standard InChI is InChI=1S/C20H34O5.C2H6O/c1-2-3-6-9-15(21)12-13-17-16(18(22)14-19(17)23)10-7-4-5-8-11-20(24)25;1-2-3/h12-13,15-17,19,21,23H,2-11,14H2,1H3,(H,24,25);3H,2H2,1H3/b13-12+;/t15-,16+,17+,19+;/m0./s1. The molecule has 6 nitrogen and oxygen atoms in total. The minimum absolute atomic E-state index is 0.105. The van der Waals surface area contributed by atoms with E-state index in [4.69, 9.17) is 10.2 Å². The molecule has 4 atom stereocenters. The first-order chi connectivity index (χ1) is 13.4. The number of carbonyl (C=O) groups excluding carboxylic acids is 1. The summed E-state index contributed by atoms with van der Waals surface area (Å²) in [5.74, 6) is -1.04. The van der Waals surface area contributed by atoms with Gasteiger partial charge in [-0.3, -0.25) is 9.59 Å². The highest BCUT2D eigenvalue weighted by Gasteiger charge is 2.39. The van der Waals surface area contributed by atoms with Gasteiger partial charge in [0, 0.05) is 31.3 Å². The molecule has 1 rings (SSSR count). The van der Waals surface area contributed by atoms with E-state index < -0.39 is 18.2 Å². The average Bonchev–Trinajstić information content (AvgIpc) is 2.89. The number of Topliss-reactive ketones (excluding diaryl/α,β-unsaturated/α-hetero) is 1. The van der Waals surface area contributed by atoms with Crippen molar-refractivity contribution >= 4 is 11.8 Å². The van der Waals surface area contributed by atoms with Crippen molar-refractivity contribution < 1.29 is 30.0 Å². The van der Waals surface area contributed by atoms with Crippen LogP contribution in [-0.4, -0.2) is 51.0 Å². The Morgan fingerprint density at radius 3 is 2.39 bits per heavy atom. The Hall–Kier alpha value is -1.24. The summed E-state index contributed by atoms with van der Waals surface area (Å²) in [5, 5.41) is 36.3. The summed E-state index contributed by atoms with van der Waals surface area (Å²) in [7, 11) is 0. The molecule has 0 saturated heterocycles. The molecular formula is C22H40O6. The van der Waals surface area contributed by atoms with Gasteiger partial charge < -0.3 is 20.4 Å². The van der Waals surface area contributed by atoms with Gasteiger partial charge in [0.25, 0.3) is 0 Å². The topological polar surface area (TPSA) is 115 Å². The van der Waals surface area contributed by atoms with Crippen LogP contribution in [0.3, 0.4) is 0 Å². The van der Waals surface area contributed by atoms with Crippen LogP contribution < -0.4 is 0 Å². The zero-order valence-electron chi connectivity index (χ0n) is 17.6. The summed E-state index contributed by atoms with van der Waals surface area (Å²) in [6, 6.07) is 0. The van der Waals surface area contributed by atoms with Crippen LogP contribution in [0.15, 0.2) is 12.2 Å². The Balaban J connectivity index is 0.00000227. The van der Waals surface area contributed by atoms with Crippen molar-refractivity contribution in [1.29, 1.82) is 0 Å². The molecule has 1 aliphatic rings. The van der Waals surface area contributed by atoms with Gasteiger partial charge >= 0.3 is 5.97 Å². The van der Waals surface area contributed by atoms with Gasteiger partial charge in [0.05, 0.1) is 12.2 Å². The highest BCUT2D eigenvalue weighted by atomic mass is 16.4. The van der Waals surface area contributed by atoms with Gasteiger partial charge in [-0.05, 0) is 26.2 Å². The first kappa shape index (κ1) is 26.8. The minimum Gasteiger partial charge on any atom is -0.481 e. The molecule has 0 aromatic carbocycles. The Kier molecular flexibility index (Phi) is 16.0. The van der Waals surface area contributed by atoms with Crippen molar-refractivity contribution in [2.45, 2.75) is 96.7 Å². The Morgan fingerprint density at radius 2 is 1.79 bits per heavy atom. The zero-order valence-corrected chi connectivity index (χ0v) is 17.6. The third-order valence-corrected chi connectivity index (χ3v) is 5.05. The molecule has 0 amide bonds. The number of unbranched alkanes of at least 4 members (excludes halogenated alkanes) is 5. The second-order valence-corrected chi connectivity index (χ2v) is 7.53. The molecule has 0 aromatic heterocycles. The minimum atomic E-state index is -0.767. The molecule has 6 heteroatoms. The van der Waals surface area contributed by atoms with E-state index in [1.807, 2.05) is 6.08 Å². The molecular weight excluding hydrogens is 360 g/mol. The smallest absolute Gasteiger partial charge is 0.303 e. The van der Waals surface area contributed by atoms with E-state index in [2.05, 4.69) is 6.92 Å². The van der Waals surface area contributed by atoms with E-state index in [9.17, 15) is 19.8 Å². The van der Waals surface area contributed by atoms with Crippen LogP contribution in [0.1, 0.15) is 84.5 Å². The normalized spacial score (nSPS) is 22.9. The van der Waals surface area contributed by atoms with Crippen molar-refractivity contribution in [3.63, 3.8) is 0 Å². The fourth-order valence-corrected chi connectivity index (χ4v) is 3.54. The molecule has 0 aromatic rings. The maximum atomic E-state index is 12.1. The second-order valence-electron chi connectivity index (χ2n) is 7.53. The highest BCUT2D eigenvalue weighted by molar-refractivity contribution is 5.84. The number of rotatable bonds is 13. The summed E-state index contributed by atoms with van der Waals surface area (Å²) >= 11 is 0. The van der Waals surface area contributed by atoms with Crippen molar-refractivity contribution in [1.82, 2.24) is 0 Å². The molecule has 0 unspecified atom stereocenters. The SMILES string of the molecule is CCCCC[C@H](O)/C=C/[C@H]1[C@H](O)CC(=O)[C@@H]1CCCCCCC(=O)O.CCO. The first-order valence-electron chi connectivity index (χ1n) is 10.8. The molecule has 0 bridgehead atoms. The number of carboxylic acids is 1. The predicted molar refractivity (Wildman–Crippen MR) is 110 cm³/mol. The van der Waals surface area contributed by atoms with Crippen LogP contribution in [0.4, 0.5) is 0 Å². The van der Waals surface area contributed by atoms with Crippen LogP contribution >= 0.6 is 0 Å². The van der Waals surface area contributed by atoms with Gasteiger partial charge in [-0.2, -0.15) is 0 Å². The lowest BCUT2D eigenvalue weighted by atomic mass is 9.88. The number of carbonyl (C=O) groups is 2. The Morgan fingerprint density at radius 1 is 1.14 bits per heavy atom. The van der Waals surface area contributed by atoms with Crippen LogP contribution in [-0.2, 0) is 9.59 Å². The van der Waals surface area contributed by atoms with Gasteiger partial charge in [-0.25, -0.2) is 0 Å². The molecule has 0 heterocycles. The molecule has 28 heavy (non-hydrogen) atoms. The summed E-state index contributed by atoms with van der Waals surface area (Å²) in [6.07, 6.45) is 10.7. The van der Waals surface area contributed by atoms with Crippen LogP contribution in [0, 0.1) is 11.8 Å². The monoisotopic (exact) mass is 400 g/mol. The summed E-state index contributed by atoms with van der Waals surface area (Å²) < 4.78 is 0. The molecule has 0 spiro atoms. The molecule has 1 fully saturated rings. The summed E-state index contributed by atoms with van der Waals surface area (Å²) in [6.45, 7) is 4.05. The van der Waals surface area contributed by atoms with Crippen LogP contribution in [0.2, 0.25) is 0 Å². The fourth-order valence-electron chi connectivity index (χ4n) is 3.54. The molecule has 0 radical (unpaired) electrons. The Bertz CT molecular complexity index is 448. The number of aliphatic hydroxyl groups excluding tert-OH is 3. The number of aliphatic carboxylic acids is 1. The predicted octanol–water partition coefficient (Wildman–Crippen LogP) is 3.47. The first-order valence-corrected chi connectivity index (χ1v) is 10.8. The van der Waals surface area contributed by atoms with E-state index in [0.29, 0.717) is 6.42 Å². The second kappa shape index (κ2) is 16.7. The van der Waals surface area contributed by atoms with Crippen molar-refractivity contribution in [2.24, 2.45) is 11.8 Å². The maximum absolute atomic E-state index is 12.1. The van der Waals surface area contributed by atoms with Crippen molar-refractivity contribution in [2.75, 3.05) is 6.61 Å². The van der Waals surface area contributed by atoms with Crippen LogP contribution in [0.25, 0.3) is 0 Å². The lowest BCUT2D eigenvalue weighted by Gasteiger charge is -2.18. The van der Waals surface area contributed by atoms with Gasteiger partial charge in [-0.1, -0.05) is 57.6 Å². The van der Waals surface area contributed by atoms with Gasteiger partial charge in [0.1, 0.15) is 5.78 Å². The molecule has 4 N–H and O–H groups in total. The Labute approximate surface area is 169 Å². The largest absolute Gasteiger partial charge is 0.481 e. The van der Waals surface area contributed by atoms with E-state index in [1.54, 1.807) is 13.0 Å².